The Labute approximate surface area is 122 Å². The first-order chi connectivity index (χ1) is 9.89. The highest BCUT2D eigenvalue weighted by Gasteiger charge is 2.46. The van der Waals surface area contributed by atoms with E-state index >= 15 is 0 Å². The van der Waals surface area contributed by atoms with Crippen molar-refractivity contribution in [2.75, 3.05) is 26.8 Å². The van der Waals surface area contributed by atoms with E-state index in [1.807, 2.05) is 0 Å². The summed E-state index contributed by atoms with van der Waals surface area (Å²) >= 11 is 0. The van der Waals surface area contributed by atoms with E-state index in [1.165, 1.54) is 30.2 Å². The van der Waals surface area contributed by atoms with Crippen molar-refractivity contribution in [1.82, 2.24) is 4.90 Å². The highest BCUT2D eigenvalue weighted by Crippen LogP contribution is 2.32. The van der Waals surface area contributed by atoms with Gasteiger partial charge in [0.25, 0.3) is 5.91 Å². The third-order valence-corrected chi connectivity index (χ3v) is 3.95. The Morgan fingerprint density at radius 2 is 2.19 bits per heavy atom. The van der Waals surface area contributed by atoms with Crippen LogP contribution in [0.3, 0.4) is 0 Å². The van der Waals surface area contributed by atoms with Crippen molar-refractivity contribution in [2.45, 2.75) is 13.3 Å². The first-order valence-electron chi connectivity index (χ1n) is 6.67. The Kier molecular flexibility index (Phi) is 4.27. The van der Waals surface area contributed by atoms with Crippen molar-refractivity contribution >= 4 is 11.9 Å². The van der Waals surface area contributed by atoms with Gasteiger partial charge in [0.1, 0.15) is 11.2 Å². The molecule has 1 amide bonds. The number of carboxylic acids is 1. The van der Waals surface area contributed by atoms with Crippen LogP contribution in [0.25, 0.3) is 0 Å². The van der Waals surface area contributed by atoms with Crippen molar-refractivity contribution in [1.29, 1.82) is 0 Å². The number of carbonyl (C=O) groups excluding carboxylic acids is 1. The molecule has 1 aromatic carbocycles. The molecular formula is C15H18FNO4. The van der Waals surface area contributed by atoms with Gasteiger partial charge in [-0.05, 0) is 31.0 Å². The Balaban J connectivity index is 2.22. The van der Waals surface area contributed by atoms with Gasteiger partial charge in [-0.2, -0.15) is 0 Å². The number of aryl methyl sites for hydroxylation is 1. The van der Waals surface area contributed by atoms with Gasteiger partial charge in [-0.3, -0.25) is 9.59 Å². The van der Waals surface area contributed by atoms with Crippen LogP contribution in [0.1, 0.15) is 22.3 Å². The summed E-state index contributed by atoms with van der Waals surface area (Å²) in [4.78, 5) is 25.4. The second-order valence-electron chi connectivity index (χ2n) is 5.45. The minimum atomic E-state index is -1.08. The van der Waals surface area contributed by atoms with Crippen LogP contribution >= 0.6 is 0 Å². The molecule has 5 nitrogen and oxygen atoms in total. The molecule has 6 heteroatoms. The molecule has 0 aliphatic carbocycles. The molecule has 0 bridgehead atoms. The summed E-state index contributed by atoms with van der Waals surface area (Å²) in [6, 6.07) is 4.02. The number of ether oxygens (including phenoxy) is 1. The highest BCUT2D eigenvalue weighted by molar-refractivity contribution is 5.96. The Bertz CT molecular complexity index is 575. The lowest BCUT2D eigenvalue weighted by atomic mass is 9.88. The predicted molar refractivity (Wildman–Crippen MR) is 73.6 cm³/mol. The normalized spacial score (nSPS) is 21.6. The first-order valence-corrected chi connectivity index (χ1v) is 6.67. The van der Waals surface area contributed by atoms with Crippen LogP contribution in [0.5, 0.6) is 0 Å². The topological polar surface area (TPSA) is 66.8 Å². The average molecular weight is 295 g/mol. The molecule has 0 radical (unpaired) electrons. The summed E-state index contributed by atoms with van der Waals surface area (Å²) in [6.07, 6.45) is 0.330. The maximum absolute atomic E-state index is 13.3. The van der Waals surface area contributed by atoms with E-state index in [-0.39, 0.29) is 24.6 Å². The molecule has 114 valence electrons. The third-order valence-electron chi connectivity index (χ3n) is 3.95. The number of hydrogen-bond donors (Lipinski definition) is 1. The molecule has 1 heterocycles. The zero-order valence-corrected chi connectivity index (χ0v) is 12.1. The summed E-state index contributed by atoms with van der Waals surface area (Å²) < 4.78 is 18.3. The maximum atomic E-state index is 13.3. The number of benzene rings is 1. The molecule has 0 aromatic heterocycles. The number of amides is 1. The molecule has 1 aliphatic rings. The summed E-state index contributed by atoms with van der Waals surface area (Å²) in [5.41, 5.74) is -0.138. The molecular weight excluding hydrogens is 277 g/mol. The van der Waals surface area contributed by atoms with Crippen LogP contribution in [-0.2, 0) is 9.53 Å². The number of nitrogens with zero attached hydrogens (tertiary/aromatic N) is 1. The number of aliphatic carboxylic acids is 1. The maximum Gasteiger partial charge on any atom is 0.313 e. The molecule has 1 aliphatic heterocycles. The molecule has 0 spiro atoms. The first kappa shape index (κ1) is 15.4. The number of methoxy groups -OCH3 is 1. The lowest BCUT2D eigenvalue weighted by Crippen LogP contribution is -2.40. The van der Waals surface area contributed by atoms with Crippen LogP contribution in [0.15, 0.2) is 18.2 Å². The molecule has 1 unspecified atom stereocenters. The quantitative estimate of drug-likeness (QED) is 0.918. The Morgan fingerprint density at radius 3 is 2.81 bits per heavy atom. The minimum Gasteiger partial charge on any atom is -0.481 e. The van der Waals surface area contributed by atoms with Gasteiger partial charge in [-0.25, -0.2) is 4.39 Å². The highest BCUT2D eigenvalue weighted by atomic mass is 19.1. The van der Waals surface area contributed by atoms with Crippen molar-refractivity contribution in [3.8, 4) is 0 Å². The fraction of sp³-hybridized carbons (Fsp3) is 0.467. The van der Waals surface area contributed by atoms with Crippen LogP contribution in [0.2, 0.25) is 0 Å². The van der Waals surface area contributed by atoms with Crippen LogP contribution in [-0.4, -0.2) is 48.7 Å². The lowest BCUT2D eigenvalue weighted by molar-refractivity contribution is -0.151. The van der Waals surface area contributed by atoms with Crippen molar-refractivity contribution in [3.05, 3.63) is 35.1 Å². The molecule has 1 fully saturated rings. The lowest BCUT2D eigenvalue weighted by Gasteiger charge is -2.24. The number of hydrogen-bond acceptors (Lipinski definition) is 3. The van der Waals surface area contributed by atoms with E-state index in [0.29, 0.717) is 18.5 Å². The summed E-state index contributed by atoms with van der Waals surface area (Å²) in [5, 5.41) is 9.39. The fourth-order valence-electron chi connectivity index (χ4n) is 2.67. The van der Waals surface area contributed by atoms with Gasteiger partial charge >= 0.3 is 5.97 Å². The number of likely N-dealkylation sites (tertiary alicyclic amines) is 1. The fourth-order valence-corrected chi connectivity index (χ4v) is 2.67. The zero-order chi connectivity index (χ0) is 15.6. The molecule has 21 heavy (non-hydrogen) atoms. The Hall–Kier alpha value is -1.95. The smallest absolute Gasteiger partial charge is 0.313 e. The number of halogens is 1. The van der Waals surface area contributed by atoms with Crippen LogP contribution in [0, 0.1) is 18.2 Å². The molecule has 2 rings (SSSR count). The van der Waals surface area contributed by atoms with Crippen LogP contribution in [0.4, 0.5) is 4.39 Å². The van der Waals surface area contributed by atoms with Gasteiger partial charge < -0.3 is 14.7 Å². The second-order valence-corrected chi connectivity index (χ2v) is 5.45. The van der Waals surface area contributed by atoms with Gasteiger partial charge in [-0.15, -0.1) is 0 Å². The standard InChI is InChI=1S/C15H18FNO4/c1-10-3-4-11(16)7-12(10)13(18)17-6-5-15(8-17,9-21-2)14(19)20/h3-4,7H,5-6,8-9H2,1-2H3,(H,19,20). The predicted octanol–water partition coefficient (Wildman–Crippen LogP) is 1.70. The molecule has 0 saturated carbocycles. The van der Waals surface area contributed by atoms with Crippen molar-refractivity contribution in [3.63, 3.8) is 0 Å². The average Bonchev–Trinajstić information content (AvgIpc) is 2.87. The zero-order valence-electron chi connectivity index (χ0n) is 12.1. The van der Waals surface area contributed by atoms with E-state index in [0.717, 1.165) is 0 Å². The van der Waals surface area contributed by atoms with Crippen LogP contribution < -0.4 is 0 Å². The van der Waals surface area contributed by atoms with Gasteiger partial charge in [0, 0.05) is 25.8 Å². The number of carboxylic acid groups (broad SMARTS) is 1. The Morgan fingerprint density at radius 1 is 1.48 bits per heavy atom. The molecule has 1 atom stereocenters. The van der Waals surface area contributed by atoms with Gasteiger partial charge in [-0.1, -0.05) is 6.07 Å². The van der Waals surface area contributed by atoms with E-state index in [2.05, 4.69) is 0 Å². The number of rotatable bonds is 4. The second kappa shape index (κ2) is 5.81. The van der Waals surface area contributed by atoms with Gasteiger partial charge in [0.2, 0.25) is 0 Å². The van der Waals surface area contributed by atoms with Gasteiger partial charge in [0.05, 0.1) is 6.61 Å². The summed E-state index contributed by atoms with van der Waals surface area (Å²) in [7, 11) is 1.44. The molecule has 1 saturated heterocycles. The number of carbonyl (C=O) groups is 2. The van der Waals surface area contributed by atoms with E-state index in [1.54, 1.807) is 6.92 Å². The summed E-state index contributed by atoms with van der Waals surface area (Å²) in [5.74, 6) is -1.80. The van der Waals surface area contributed by atoms with Crippen molar-refractivity contribution < 1.29 is 23.8 Å². The van der Waals surface area contributed by atoms with E-state index in [4.69, 9.17) is 4.74 Å². The van der Waals surface area contributed by atoms with E-state index < -0.39 is 17.2 Å². The molecule has 1 aromatic rings. The van der Waals surface area contributed by atoms with Crippen molar-refractivity contribution in [2.24, 2.45) is 5.41 Å². The minimum absolute atomic E-state index is 0.0498. The molecule has 1 N–H and O–H groups in total. The monoisotopic (exact) mass is 295 g/mol. The third kappa shape index (κ3) is 2.90. The van der Waals surface area contributed by atoms with E-state index in [9.17, 15) is 19.1 Å². The largest absolute Gasteiger partial charge is 0.481 e. The SMILES string of the molecule is COCC1(C(=O)O)CCN(C(=O)c2cc(F)ccc2C)C1. The summed E-state index contributed by atoms with van der Waals surface area (Å²) in [6.45, 7) is 2.17. The van der Waals surface area contributed by atoms with Gasteiger partial charge in [0.15, 0.2) is 0 Å².